The molecule has 0 unspecified atom stereocenters. The maximum atomic E-state index is 11.9. The molecule has 1 saturated heterocycles. The molecule has 2 rings (SSSR count). The van der Waals surface area contributed by atoms with Crippen LogP contribution in [0.15, 0.2) is 12.4 Å². The average Bonchev–Trinajstić information content (AvgIpc) is 2.58. The Balaban J connectivity index is 1.86. The maximum Gasteiger partial charge on any atom is 0.405 e. The first-order valence-corrected chi connectivity index (χ1v) is 7.85. The van der Waals surface area contributed by atoms with E-state index in [-0.39, 0.29) is 12.5 Å². The summed E-state index contributed by atoms with van der Waals surface area (Å²) in [7, 11) is 0. The smallest absolute Gasteiger partial charge is 0.405 e. The summed E-state index contributed by atoms with van der Waals surface area (Å²) in [6.07, 6.45) is 0.528. The van der Waals surface area contributed by atoms with Gasteiger partial charge in [0.15, 0.2) is 6.61 Å². The molecule has 132 valence electrons. The molecular weight excluding hydrogens is 314 g/mol. The molecule has 2 amide bonds. The topological polar surface area (TPSA) is 111 Å². The van der Waals surface area contributed by atoms with Crippen LogP contribution in [0, 0.1) is 5.92 Å². The zero-order valence-corrected chi connectivity index (χ0v) is 14.0. The Morgan fingerprint density at radius 3 is 2.58 bits per heavy atom. The highest BCUT2D eigenvalue weighted by molar-refractivity contribution is 5.80. The van der Waals surface area contributed by atoms with Gasteiger partial charge in [0.25, 0.3) is 5.91 Å². The van der Waals surface area contributed by atoms with Crippen LogP contribution in [-0.4, -0.2) is 66.3 Å². The number of rotatable bonds is 6. The average molecular weight is 337 g/mol. The summed E-state index contributed by atoms with van der Waals surface area (Å²) in [5, 5.41) is 0. The van der Waals surface area contributed by atoms with Crippen molar-refractivity contribution in [2.24, 2.45) is 11.7 Å². The van der Waals surface area contributed by atoms with Gasteiger partial charge >= 0.3 is 6.09 Å². The third-order valence-electron chi connectivity index (χ3n) is 3.49. The molecule has 1 aromatic rings. The molecule has 24 heavy (non-hydrogen) atoms. The highest BCUT2D eigenvalue weighted by Crippen LogP contribution is 2.18. The van der Waals surface area contributed by atoms with Crippen molar-refractivity contribution in [3.63, 3.8) is 0 Å². The highest BCUT2D eigenvalue weighted by Gasteiger charge is 2.22. The second-order valence-electron chi connectivity index (χ2n) is 5.89. The van der Waals surface area contributed by atoms with Gasteiger partial charge in [-0.1, -0.05) is 13.8 Å². The normalized spacial score (nSPS) is 14.6. The Bertz CT molecular complexity index is 573. The summed E-state index contributed by atoms with van der Waals surface area (Å²) >= 11 is 0. The van der Waals surface area contributed by atoms with Crippen LogP contribution >= 0.6 is 0 Å². The van der Waals surface area contributed by atoms with Crippen molar-refractivity contribution in [2.45, 2.75) is 13.8 Å². The number of nitrogens with two attached hydrogens (primary N) is 1. The number of carbonyl (C=O) groups is 2. The lowest BCUT2D eigenvalue weighted by Gasteiger charge is -2.35. The fraction of sp³-hybridized carbons (Fsp3) is 0.600. The summed E-state index contributed by atoms with van der Waals surface area (Å²) in [6.45, 7) is 6.71. The maximum absolute atomic E-state index is 11.9. The minimum absolute atomic E-state index is 0.253. The van der Waals surface area contributed by atoms with E-state index in [0.717, 1.165) is 5.82 Å². The number of ether oxygens (including phenoxy) is 2. The monoisotopic (exact) mass is 337 g/mol. The molecule has 0 bridgehead atoms. The summed E-state index contributed by atoms with van der Waals surface area (Å²) in [4.78, 5) is 34.5. The molecule has 0 radical (unpaired) electrons. The zero-order chi connectivity index (χ0) is 17.5. The van der Waals surface area contributed by atoms with Gasteiger partial charge in [0, 0.05) is 32.2 Å². The predicted octanol–water partition coefficient (Wildman–Crippen LogP) is 0.255. The molecule has 0 spiro atoms. The molecule has 2 N–H and O–H groups in total. The van der Waals surface area contributed by atoms with Gasteiger partial charge in [0.1, 0.15) is 12.1 Å². The van der Waals surface area contributed by atoms with E-state index in [1.807, 2.05) is 0 Å². The number of hydrogen-bond acceptors (Lipinski definition) is 7. The lowest BCUT2D eigenvalue weighted by atomic mass is 10.2. The van der Waals surface area contributed by atoms with Gasteiger partial charge in [-0.3, -0.25) is 4.79 Å². The van der Waals surface area contributed by atoms with Crippen molar-refractivity contribution in [3.8, 4) is 5.88 Å². The van der Waals surface area contributed by atoms with Crippen LogP contribution in [0.5, 0.6) is 5.88 Å². The van der Waals surface area contributed by atoms with Crippen molar-refractivity contribution in [2.75, 3.05) is 44.3 Å². The van der Waals surface area contributed by atoms with Gasteiger partial charge in [0.05, 0.1) is 6.61 Å². The fourth-order valence-electron chi connectivity index (χ4n) is 2.24. The summed E-state index contributed by atoms with van der Waals surface area (Å²) in [5.41, 5.74) is 4.86. The number of aromatic nitrogens is 2. The second kappa shape index (κ2) is 8.32. The van der Waals surface area contributed by atoms with E-state index < -0.39 is 6.09 Å². The molecule has 1 fully saturated rings. The van der Waals surface area contributed by atoms with E-state index in [1.165, 1.54) is 6.33 Å². The van der Waals surface area contributed by atoms with Crippen LogP contribution in [0.3, 0.4) is 0 Å². The number of piperazine rings is 1. The summed E-state index contributed by atoms with van der Waals surface area (Å²) < 4.78 is 10.1. The highest BCUT2D eigenvalue weighted by atomic mass is 16.5. The van der Waals surface area contributed by atoms with Gasteiger partial charge in [0.2, 0.25) is 5.88 Å². The standard InChI is InChI=1S/C15H23N5O4/c1-11(2)8-23-13-7-12(17-10-18-13)19-3-5-20(6-4-19)14(21)9-24-15(16)22/h7,10-11H,3-6,8-9H2,1-2H3,(H2,16,22). The first kappa shape index (κ1) is 17.8. The molecule has 0 saturated carbocycles. The van der Waals surface area contributed by atoms with E-state index in [0.29, 0.717) is 44.6 Å². The van der Waals surface area contributed by atoms with Crippen LogP contribution in [-0.2, 0) is 9.53 Å². The van der Waals surface area contributed by atoms with Crippen molar-refractivity contribution in [1.82, 2.24) is 14.9 Å². The van der Waals surface area contributed by atoms with E-state index >= 15 is 0 Å². The van der Waals surface area contributed by atoms with Crippen molar-refractivity contribution in [1.29, 1.82) is 0 Å². The van der Waals surface area contributed by atoms with Crippen molar-refractivity contribution < 1.29 is 19.1 Å². The number of anilines is 1. The van der Waals surface area contributed by atoms with Crippen LogP contribution in [0.25, 0.3) is 0 Å². The third-order valence-corrected chi connectivity index (χ3v) is 3.49. The molecule has 9 nitrogen and oxygen atoms in total. The Labute approximate surface area is 140 Å². The van der Waals surface area contributed by atoms with Gasteiger partial charge in [-0.25, -0.2) is 14.8 Å². The Kier molecular flexibility index (Phi) is 6.16. The SMILES string of the molecule is CC(C)COc1cc(N2CCN(C(=O)COC(N)=O)CC2)ncn1. The molecule has 1 aliphatic rings. The minimum Gasteiger partial charge on any atom is -0.477 e. The number of primary amides is 1. The van der Waals surface area contributed by atoms with Gasteiger partial charge in [-0.2, -0.15) is 0 Å². The number of amides is 2. The molecule has 2 heterocycles. The van der Waals surface area contributed by atoms with Gasteiger partial charge in [-0.05, 0) is 5.92 Å². The fourth-order valence-corrected chi connectivity index (χ4v) is 2.24. The summed E-state index contributed by atoms with van der Waals surface area (Å²) in [6, 6.07) is 1.80. The lowest BCUT2D eigenvalue weighted by molar-refractivity contribution is -0.134. The number of nitrogens with zero attached hydrogens (tertiary/aromatic N) is 4. The molecule has 0 aliphatic carbocycles. The number of carbonyl (C=O) groups excluding carboxylic acids is 2. The second-order valence-corrected chi connectivity index (χ2v) is 5.89. The third kappa shape index (κ3) is 5.25. The van der Waals surface area contributed by atoms with Gasteiger partial charge < -0.3 is 25.0 Å². The zero-order valence-electron chi connectivity index (χ0n) is 14.0. The molecule has 0 atom stereocenters. The predicted molar refractivity (Wildman–Crippen MR) is 86.7 cm³/mol. The van der Waals surface area contributed by atoms with Crippen LogP contribution in [0.2, 0.25) is 0 Å². The van der Waals surface area contributed by atoms with E-state index in [4.69, 9.17) is 10.5 Å². The van der Waals surface area contributed by atoms with Crippen molar-refractivity contribution in [3.05, 3.63) is 12.4 Å². The van der Waals surface area contributed by atoms with Crippen LogP contribution in [0.4, 0.5) is 10.6 Å². The molecule has 9 heteroatoms. The minimum atomic E-state index is -0.947. The van der Waals surface area contributed by atoms with E-state index in [1.54, 1.807) is 11.0 Å². The van der Waals surface area contributed by atoms with E-state index in [2.05, 4.69) is 33.5 Å². The lowest BCUT2D eigenvalue weighted by Crippen LogP contribution is -2.50. The Hall–Kier alpha value is -2.58. The Morgan fingerprint density at radius 1 is 1.25 bits per heavy atom. The first-order chi connectivity index (χ1) is 11.5. The van der Waals surface area contributed by atoms with Crippen molar-refractivity contribution >= 4 is 17.8 Å². The molecule has 1 aromatic heterocycles. The number of hydrogen-bond donors (Lipinski definition) is 1. The quantitative estimate of drug-likeness (QED) is 0.792. The van der Waals surface area contributed by atoms with Gasteiger partial charge in [-0.15, -0.1) is 0 Å². The van der Waals surface area contributed by atoms with Crippen LogP contribution < -0.4 is 15.4 Å². The van der Waals surface area contributed by atoms with E-state index in [9.17, 15) is 9.59 Å². The molecule has 0 aromatic carbocycles. The molecule has 1 aliphatic heterocycles. The van der Waals surface area contributed by atoms with Crippen LogP contribution in [0.1, 0.15) is 13.8 Å². The molecular formula is C15H23N5O4. The Morgan fingerprint density at radius 2 is 1.96 bits per heavy atom. The summed E-state index contributed by atoms with van der Waals surface area (Å²) in [5.74, 6) is 1.48. The first-order valence-electron chi connectivity index (χ1n) is 7.85. The largest absolute Gasteiger partial charge is 0.477 e.